The summed E-state index contributed by atoms with van der Waals surface area (Å²) in [5, 5.41) is 5.73. The minimum Gasteiger partial charge on any atom is -0.494 e. The van der Waals surface area contributed by atoms with Gasteiger partial charge >= 0.3 is 0 Å². The first-order valence-corrected chi connectivity index (χ1v) is 14.7. The summed E-state index contributed by atoms with van der Waals surface area (Å²) in [6, 6.07) is 13.4. The molecule has 7 nitrogen and oxygen atoms in total. The topological polar surface area (TPSA) is 87.7 Å². The lowest BCUT2D eigenvalue weighted by molar-refractivity contribution is 0.0977. The van der Waals surface area contributed by atoms with Gasteiger partial charge in [0.05, 0.1) is 11.5 Å². The van der Waals surface area contributed by atoms with Gasteiger partial charge in [-0.2, -0.15) is 4.31 Å². The van der Waals surface area contributed by atoms with E-state index in [0.717, 1.165) is 44.3 Å². The van der Waals surface area contributed by atoms with Crippen LogP contribution in [0.1, 0.15) is 75.1 Å². The molecule has 9 heteroatoms. The lowest BCUT2D eigenvalue weighted by Crippen LogP contribution is -2.34. The minimum atomic E-state index is -3.51. The molecule has 196 valence electrons. The maximum atomic E-state index is 12.9. The zero-order valence-corrected chi connectivity index (χ0v) is 22.6. The Labute approximate surface area is 220 Å². The molecule has 36 heavy (non-hydrogen) atoms. The van der Waals surface area contributed by atoms with Crippen molar-refractivity contribution in [2.24, 2.45) is 0 Å². The molecule has 0 bridgehead atoms. The average Bonchev–Trinajstić information content (AvgIpc) is 3.17. The second-order valence-electron chi connectivity index (χ2n) is 9.04. The van der Waals surface area contributed by atoms with Gasteiger partial charge in [0.2, 0.25) is 10.0 Å². The van der Waals surface area contributed by atoms with E-state index in [9.17, 15) is 13.2 Å². The second kappa shape index (κ2) is 14.3. The molecule has 0 saturated carbocycles. The van der Waals surface area contributed by atoms with Gasteiger partial charge in [0.25, 0.3) is 5.91 Å². The Bertz CT molecular complexity index is 1080. The molecule has 0 radical (unpaired) electrons. The van der Waals surface area contributed by atoms with Crippen LogP contribution in [0.4, 0.5) is 5.69 Å². The van der Waals surface area contributed by atoms with E-state index in [0.29, 0.717) is 30.9 Å². The number of ether oxygens (including phenoxy) is 1. The van der Waals surface area contributed by atoms with Crippen LogP contribution in [0.5, 0.6) is 5.75 Å². The maximum Gasteiger partial charge on any atom is 0.257 e. The van der Waals surface area contributed by atoms with Crippen LogP contribution in [-0.2, 0) is 10.0 Å². The molecule has 2 aromatic rings. The number of benzene rings is 2. The van der Waals surface area contributed by atoms with Crippen LogP contribution in [0.25, 0.3) is 0 Å². The van der Waals surface area contributed by atoms with Crippen molar-refractivity contribution >= 4 is 38.9 Å². The Morgan fingerprint density at radius 1 is 0.917 bits per heavy atom. The molecule has 1 heterocycles. The van der Waals surface area contributed by atoms with E-state index in [1.165, 1.54) is 19.3 Å². The molecule has 1 amide bonds. The van der Waals surface area contributed by atoms with Crippen LogP contribution in [-0.4, -0.2) is 43.4 Å². The third-order valence-electron chi connectivity index (χ3n) is 6.18. The van der Waals surface area contributed by atoms with Crippen LogP contribution in [0, 0.1) is 0 Å². The van der Waals surface area contributed by atoms with Gasteiger partial charge in [0.1, 0.15) is 5.75 Å². The van der Waals surface area contributed by atoms with E-state index < -0.39 is 10.0 Å². The summed E-state index contributed by atoms with van der Waals surface area (Å²) in [6.45, 7) is 3.98. The predicted octanol–water partition coefficient (Wildman–Crippen LogP) is 5.73. The van der Waals surface area contributed by atoms with Crippen LogP contribution >= 0.6 is 12.2 Å². The number of unbranched alkanes of at least 4 members (excludes halogenated alkanes) is 4. The third kappa shape index (κ3) is 8.57. The van der Waals surface area contributed by atoms with E-state index in [-0.39, 0.29) is 15.9 Å². The molecule has 0 aliphatic carbocycles. The van der Waals surface area contributed by atoms with Gasteiger partial charge in [0.15, 0.2) is 5.11 Å². The van der Waals surface area contributed by atoms with Crippen molar-refractivity contribution in [3.05, 3.63) is 54.1 Å². The van der Waals surface area contributed by atoms with Crippen molar-refractivity contribution in [3.8, 4) is 5.75 Å². The van der Waals surface area contributed by atoms with Crippen LogP contribution < -0.4 is 15.4 Å². The molecule has 1 saturated heterocycles. The Morgan fingerprint density at radius 3 is 2.19 bits per heavy atom. The molecular weight excluding hydrogens is 494 g/mol. The molecule has 1 aliphatic heterocycles. The highest BCUT2D eigenvalue weighted by Gasteiger charge is 2.25. The van der Waals surface area contributed by atoms with E-state index in [1.807, 2.05) is 0 Å². The summed E-state index contributed by atoms with van der Waals surface area (Å²) >= 11 is 5.27. The largest absolute Gasteiger partial charge is 0.494 e. The maximum absolute atomic E-state index is 12.9. The number of hydrogen-bond acceptors (Lipinski definition) is 5. The lowest BCUT2D eigenvalue weighted by Gasteiger charge is -2.20. The number of anilines is 1. The van der Waals surface area contributed by atoms with Crippen molar-refractivity contribution in [1.29, 1.82) is 0 Å². The fraction of sp³-hybridized carbons (Fsp3) is 0.481. The summed E-state index contributed by atoms with van der Waals surface area (Å²) < 4.78 is 33.2. The molecule has 0 spiro atoms. The Morgan fingerprint density at radius 2 is 1.56 bits per heavy atom. The highest BCUT2D eigenvalue weighted by atomic mass is 32.2. The molecule has 1 aliphatic rings. The smallest absolute Gasteiger partial charge is 0.257 e. The van der Waals surface area contributed by atoms with E-state index in [2.05, 4.69) is 17.6 Å². The quantitative estimate of drug-likeness (QED) is 0.285. The predicted molar refractivity (Wildman–Crippen MR) is 148 cm³/mol. The number of sulfonamides is 1. The van der Waals surface area contributed by atoms with Gasteiger partial charge in [-0.25, -0.2) is 8.42 Å². The number of nitrogens with one attached hydrogen (secondary N) is 2. The Kier molecular flexibility index (Phi) is 11.2. The normalized spacial score (nSPS) is 14.6. The van der Waals surface area contributed by atoms with Gasteiger partial charge in [-0.15, -0.1) is 0 Å². The number of thiocarbonyl (C=S) groups is 1. The number of nitrogens with zero attached hydrogens (tertiary/aromatic N) is 1. The lowest BCUT2D eigenvalue weighted by atomic mass is 10.2. The van der Waals surface area contributed by atoms with Crippen molar-refractivity contribution < 1.29 is 17.9 Å². The standard InChI is InChI=1S/C27H37N3O4S2/c1-2-3-4-7-10-21-34-24-15-11-22(12-16-24)26(31)29-27(35)28-23-13-17-25(18-14-23)36(32,33)30-19-8-5-6-9-20-30/h11-18H,2-10,19-21H2,1H3,(H2,28,29,31,35). The van der Waals surface area contributed by atoms with Gasteiger partial charge in [0, 0.05) is 24.3 Å². The zero-order valence-electron chi connectivity index (χ0n) is 21.0. The van der Waals surface area contributed by atoms with Gasteiger partial charge < -0.3 is 10.1 Å². The first-order chi connectivity index (χ1) is 17.4. The highest BCUT2D eigenvalue weighted by molar-refractivity contribution is 7.89. The summed E-state index contributed by atoms with van der Waals surface area (Å²) in [4.78, 5) is 12.8. The molecule has 0 aromatic heterocycles. The Hall–Kier alpha value is -2.49. The summed E-state index contributed by atoms with van der Waals surface area (Å²) in [7, 11) is -3.51. The first-order valence-electron chi connectivity index (χ1n) is 12.9. The number of amides is 1. The van der Waals surface area contributed by atoms with E-state index >= 15 is 0 Å². The number of hydrogen-bond donors (Lipinski definition) is 2. The number of rotatable bonds is 11. The molecule has 0 atom stereocenters. The monoisotopic (exact) mass is 531 g/mol. The SMILES string of the molecule is CCCCCCCOc1ccc(C(=O)NC(=S)Nc2ccc(S(=O)(=O)N3CCCCCC3)cc2)cc1. The average molecular weight is 532 g/mol. The van der Waals surface area contributed by atoms with E-state index in [1.54, 1.807) is 52.8 Å². The molecule has 0 unspecified atom stereocenters. The fourth-order valence-electron chi connectivity index (χ4n) is 4.08. The minimum absolute atomic E-state index is 0.135. The molecular formula is C27H37N3O4S2. The molecule has 2 N–H and O–H groups in total. The fourth-order valence-corrected chi connectivity index (χ4v) is 5.80. The van der Waals surface area contributed by atoms with Crippen molar-refractivity contribution in [2.45, 2.75) is 69.6 Å². The molecule has 2 aromatic carbocycles. The van der Waals surface area contributed by atoms with Crippen molar-refractivity contribution in [2.75, 3.05) is 25.0 Å². The molecule has 3 rings (SSSR count). The van der Waals surface area contributed by atoms with Crippen molar-refractivity contribution in [1.82, 2.24) is 9.62 Å². The second-order valence-corrected chi connectivity index (χ2v) is 11.4. The number of carbonyl (C=O) groups is 1. The molecule has 1 fully saturated rings. The van der Waals surface area contributed by atoms with E-state index in [4.69, 9.17) is 17.0 Å². The summed E-state index contributed by atoms with van der Waals surface area (Å²) in [6.07, 6.45) is 9.80. The first kappa shape index (κ1) is 28.1. The zero-order chi connectivity index (χ0) is 25.8. The Balaban J connectivity index is 1.47. The van der Waals surface area contributed by atoms with Crippen LogP contribution in [0.15, 0.2) is 53.4 Å². The van der Waals surface area contributed by atoms with Gasteiger partial charge in [-0.1, -0.05) is 45.4 Å². The van der Waals surface area contributed by atoms with Crippen LogP contribution in [0.2, 0.25) is 0 Å². The van der Waals surface area contributed by atoms with Gasteiger partial charge in [-0.3, -0.25) is 10.1 Å². The summed E-state index contributed by atoms with van der Waals surface area (Å²) in [5.41, 5.74) is 1.06. The number of carbonyl (C=O) groups excluding carboxylic acids is 1. The van der Waals surface area contributed by atoms with Gasteiger partial charge in [-0.05, 0) is 80.0 Å². The van der Waals surface area contributed by atoms with Crippen LogP contribution in [0.3, 0.4) is 0 Å². The third-order valence-corrected chi connectivity index (χ3v) is 8.29. The van der Waals surface area contributed by atoms with Crippen molar-refractivity contribution in [3.63, 3.8) is 0 Å². The summed E-state index contributed by atoms with van der Waals surface area (Å²) in [5.74, 6) is 0.400. The highest BCUT2D eigenvalue weighted by Crippen LogP contribution is 2.22.